The zero-order valence-electron chi connectivity index (χ0n) is 56.8. The van der Waals surface area contributed by atoms with Gasteiger partial charge in [0.05, 0.1) is 25.4 Å². The molecule has 0 radical (unpaired) electrons. The van der Waals surface area contributed by atoms with Crippen LogP contribution in [0.1, 0.15) is 393 Å². The minimum absolute atomic E-state index is 0.260. The van der Waals surface area contributed by atoms with Crippen LogP contribution in [0.5, 0.6) is 0 Å². The maximum absolute atomic E-state index is 13.3. The first-order chi connectivity index (χ1) is 42.2. The summed E-state index contributed by atoms with van der Waals surface area (Å²) < 4.78 is 11.2. The van der Waals surface area contributed by atoms with Crippen molar-refractivity contribution in [1.29, 1.82) is 0 Å². The van der Waals surface area contributed by atoms with Crippen LogP contribution in [0.2, 0.25) is 0 Å². The molecule has 0 saturated carbocycles. The average Bonchev–Trinajstić information content (AvgIpc) is 3.39. The largest absolute Gasteiger partial charge is 0.394 e. The summed E-state index contributed by atoms with van der Waals surface area (Å²) >= 11 is 0. The Kier molecular flexibility index (Phi) is 61.6. The molecule has 1 rings (SSSR count). The number of ether oxygens (including phenoxy) is 2. The van der Waals surface area contributed by atoms with Gasteiger partial charge in [-0.3, -0.25) is 4.79 Å². The van der Waals surface area contributed by atoms with Crippen LogP contribution in [0.15, 0.2) is 12.2 Å². The summed E-state index contributed by atoms with van der Waals surface area (Å²) in [5, 5.41) is 76.6. The lowest BCUT2D eigenvalue weighted by molar-refractivity contribution is -0.303. The molecule has 1 heterocycles. The predicted octanol–water partition coefficient (Wildman–Crippen LogP) is 19.0. The Morgan fingerprint density at radius 1 is 0.395 bits per heavy atom. The van der Waals surface area contributed by atoms with Gasteiger partial charge in [0.1, 0.15) is 36.6 Å². The molecular weight excluding hydrogens is 1070 g/mol. The number of aliphatic hydroxyl groups excluding tert-OH is 7. The molecule has 9 atom stereocenters. The highest BCUT2D eigenvalue weighted by molar-refractivity contribution is 5.80. The molecule has 1 aliphatic heterocycles. The van der Waals surface area contributed by atoms with Crippen molar-refractivity contribution < 1.29 is 50.0 Å². The summed E-state index contributed by atoms with van der Waals surface area (Å²) in [6, 6.07) is -1.18. The molecule has 0 aromatic heterocycles. The number of unbranched alkanes of at least 4 members (excludes halogenated alkanes) is 54. The second-order valence-corrected chi connectivity index (χ2v) is 27.1. The second-order valence-electron chi connectivity index (χ2n) is 27.1. The summed E-state index contributed by atoms with van der Waals surface area (Å²) in [5.41, 5.74) is 0. The van der Waals surface area contributed by atoms with Crippen molar-refractivity contribution in [3.05, 3.63) is 12.2 Å². The molecular formula is C75H147NO10. The van der Waals surface area contributed by atoms with E-state index in [1.807, 2.05) is 0 Å². The quantitative estimate of drug-likeness (QED) is 0.0215. The zero-order valence-corrected chi connectivity index (χ0v) is 56.8. The van der Waals surface area contributed by atoms with Crippen LogP contribution >= 0.6 is 0 Å². The van der Waals surface area contributed by atoms with E-state index < -0.39 is 74.2 Å². The molecule has 0 spiro atoms. The van der Waals surface area contributed by atoms with E-state index in [9.17, 15) is 40.5 Å². The lowest BCUT2D eigenvalue weighted by atomic mass is 9.98. The molecule has 1 amide bonds. The van der Waals surface area contributed by atoms with Crippen molar-refractivity contribution in [3.63, 3.8) is 0 Å². The smallest absolute Gasteiger partial charge is 0.249 e. The summed E-state index contributed by atoms with van der Waals surface area (Å²) in [6.07, 6.45) is 68.9. The second kappa shape index (κ2) is 64.0. The minimum Gasteiger partial charge on any atom is -0.394 e. The van der Waals surface area contributed by atoms with E-state index in [4.69, 9.17) is 9.47 Å². The van der Waals surface area contributed by atoms with Gasteiger partial charge in [0, 0.05) is 0 Å². The number of nitrogens with one attached hydrogen (secondary N) is 1. The van der Waals surface area contributed by atoms with Gasteiger partial charge in [-0.1, -0.05) is 366 Å². The number of hydrogen-bond donors (Lipinski definition) is 8. The van der Waals surface area contributed by atoms with Crippen LogP contribution in [0.4, 0.5) is 0 Å². The summed E-state index contributed by atoms with van der Waals surface area (Å²) in [4.78, 5) is 13.3. The van der Waals surface area contributed by atoms with E-state index in [0.29, 0.717) is 12.8 Å². The third-order valence-electron chi connectivity index (χ3n) is 18.8. The molecule has 0 aliphatic carbocycles. The fourth-order valence-corrected chi connectivity index (χ4v) is 12.7. The Labute approximate surface area is 532 Å². The highest BCUT2D eigenvalue weighted by atomic mass is 16.7. The SMILES string of the molecule is CCCCCCCCCCCCCCCCCCCCCCCCC/C=C/CCCC(O)C(O)C(COC1OC(CO)C(O)C(O)C1O)NC(=O)C(O)CCCCCCCCCCCCCCCCCCCCCCCCCCCCCCCCC. The van der Waals surface area contributed by atoms with E-state index in [-0.39, 0.29) is 12.8 Å². The van der Waals surface area contributed by atoms with Crippen molar-refractivity contribution >= 4 is 5.91 Å². The van der Waals surface area contributed by atoms with E-state index in [1.165, 1.54) is 321 Å². The van der Waals surface area contributed by atoms with Crippen LogP contribution in [0.3, 0.4) is 0 Å². The number of aliphatic hydroxyl groups is 7. The molecule has 0 bridgehead atoms. The van der Waals surface area contributed by atoms with Gasteiger partial charge < -0.3 is 50.5 Å². The van der Waals surface area contributed by atoms with Crippen molar-refractivity contribution in [3.8, 4) is 0 Å². The molecule has 9 unspecified atom stereocenters. The monoisotopic (exact) mass is 1220 g/mol. The topological polar surface area (TPSA) is 189 Å². The van der Waals surface area contributed by atoms with E-state index in [1.54, 1.807) is 0 Å². The number of hydrogen-bond acceptors (Lipinski definition) is 10. The summed E-state index contributed by atoms with van der Waals surface area (Å²) in [6.45, 7) is 3.52. The number of carbonyl (C=O) groups excluding carboxylic acids is 1. The lowest BCUT2D eigenvalue weighted by Crippen LogP contribution is -2.60. The standard InChI is InChI=1S/C75H147NO10/c1-3-5-7-9-11-13-15-17-19-21-23-25-27-29-31-33-34-35-37-39-41-43-45-47-49-51-53-55-57-59-61-63-68(79)74(84)76-66(65-85-75-73(83)72(82)71(81)69(64-77)86-75)70(80)67(78)62-60-58-56-54-52-50-48-46-44-42-40-38-36-32-30-28-26-24-22-20-18-16-14-12-10-8-6-4-2/h54,56,66-73,75,77-83H,3-53,55,57-65H2,1-2H3,(H,76,84)/b56-54+. The number of allylic oxidation sites excluding steroid dienone is 2. The molecule has 1 saturated heterocycles. The van der Waals surface area contributed by atoms with Crippen molar-refractivity contribution in [2.75, 3.05) is 13.2 Å². The zero-order chi connectivity index (χ0) is 62.4. The van der Waals surface area contributed by atoms with Crippen LogP contribution in [-0.2, 0) is 14.3 Å². The van der Waals surface area contributed by atoms with E-state index in [0.717, 1.165) is 32.1 Å². The van der Waals surface area contributed by atoms with Crippen molar-refractivity contribution in [2.45, 2.75) is 448 Å². The maximum Gasteiger partial charge on any atom is 0.249 e. The summed E-state index contributed by atoms with van der Waals surface area (Å²) in [5.74, 6) is -0.697. The van der Waals surface area contributed by atoms with Gasteiger partial charge in [-0.2, -0.15) is 0 Å². The number of rotatable bonds is 68. The van der Waals surface area contributed by atoms with Crippen molar-refractivity contribution in [1.82, 2.24) is 5.32 Å². The highest BCUT2D eigenvalue weighted by Crippen LogP contribution is 2.24. The molecule has 11 nitrogen and oxygen atoms in total. The summed E-state index contributed by atoms with van der Waals surface area (Å²) in [7, 11) is 0. The molecule has 1 fully saturated rings. The molecule has 8 N–H and O–H groups in total. The van der Waals surface area contributed by atoms with Gasteiger partial charge in [0.25, 0.3) is 0 Å². The minimum atomic E-state index is -1.67. The Hall–Kier alpha value is -1.15. The normalized spacial score (nSPS) is 18.7. The van der Waals surface area contributed by atoms with Crippen LogP contribution < -0.4 is 5.32 Å². The van der Waals surface area contributed by atoms with E-state index >= 15 is 0 Å². The average molecular weight is 1220 g/mol. The van der Waals surface area contributed by atoms with Gasteiger partial charge in [-0.15, -0.1) is 0 Å². The van der Waals surface area contributed by atoms with Gasteiger partial charge >= 0.3 is 0 Å². The van der Waals surface area contributed by atoms with Gasteiger partial charge in [-0.05, 0) is 38.5 Å². The molecule has 86 heavy (non-hydrogen) atoms. The Bertz CT molecular complexity index is 1400. The lowest BCUT2D eigenvalue weighted by Gasteiger charge is -2.40. The van der Waals surface area contributed by atoms with Gasteiger partial charge in [0.15, 0.2) is 6.29 Å². The van der Waals surface area contributed by atoms with Crippen LogP contribution in [0.25, 0.3) is 0 Å². The highest BCUT2D eigenvalue weighted by Gasteiger charge is 2.44. The van der Waals surface area contributed by atoms with Crippen LogP contribution in [-0.4, -0.2) is 110 Å². The Balaban J connectivity index is 2.16. The first-order valence-electron chi connectivity index (χ1n) is 38.1. The molecule has 0 aromatic rings. The molecule has 1 aliphatic rings. The Morgan fingerprint density at radius 2 is 0.686 bits per heavy atom. The number of amides is 1. The first kappa shape index (κ1) is 82.9. The third kappa shape index (κ3) is 50.5. The van der Waals surface area contributed by atoms with E-state index in [2.05, 4.69) is 31.3 Å². The maximum atomic E-state index is 13.3. The van der Waals surface area contributed by atoms with Gasteiger partial charge in [-0.25, -0.2) is 0 Å². The van der Waals surface area contributed by atoms with Crippen molar-refractivity contribution in [2.24, 2.45) is 0 Å². The fourth-order valence-electron chi connectivity index (χ4n) is 12.7. The Morgan fingerprint density at radius 3 is 1.00 bits per heavy atom. The molecule has 11 heteroatoms. The fraction of sp³-hybridized carbons (Fsp3) is 0.960. The predicted molar refractivity (Wildman–Crippen MR) is 363 cm³/mol. The number of carbonyl (C=O) groups is 1. The molecule has 512 valence electrons. The van der Waals surface area contributed by atoms with Crippen LogP contribution in [0, 0.1) is 0 Å². The first-order valence-corrected chi connectivity index (χ1v) is 38.1. The van der Waals surface area contributed by atoms with Gasteiger partial charge in [0.2, 0.25) is 5.91 Å². The molecule has 0 aromatic carbocycles. The third-order valence-corrected chi connectivity index (χ3v) is 18.8.